The number of aliphatic carboxylic acids is 1. The molecule has 2 fully saturated rings. The minimum absolute atomic E-state index is 0.0169. The van der Waals surface area contributed by atoms with Crippen molar-refractivity contribution < 1.29 is 36.9 Å². The fourth-order valence-electron chi connectivity index (χ4n) is 5.79. The van der Waals surface area contributed by atoms with Gasteiger partial charge in [0.05, 0.1) is 6.10 Å². The Hall–Kier alpha value is -3.84. The quantitative estimate of drug-likeness (QED) is 0.254. The van der Waals surface area contributed by atoms with Crippen LogP contribution in [0.5, 0.6) is 11.6 Å². The molecule has 2 saturated heterocycles. The number of aromatic nitrogens is 2. The number of piperidine rings is 1. The lowest BCUT2D eigenvalue weighted by atomic mass is 9.76. The lowest BCUT2D eigenvalue weighted by Crippen LogP contribution is -2.41. The molecule has 0 amide bonds. The van der Waals surface area contributed by atoms with Gasteiger partial charge in [-0.2, -0.15) is 23.1 Å². The molecule has 4 N–H and O–H groups in total. The number of rotatable bonds is 8. The van der Waals surface area contributed by atoms with Gasteiger partial charge in [-0.05, 0) is 73.9 Å². The standard InChI is InChI=1S/C30H32ClF4N5O4/c1-16(2)43-23-6-3-17(11-21(23)32)20-12-18(31)4-5-19(20)26(30(33,34)35)44-25-13-24(38-28(36)39-25)40-9-7-29(8-10-40)14-22(27(41)42)37-15-29/h3-6,11-13,16,22,26,37H,7-10,14-15H2,1-2H3,(H,41,42)(H2,36,38,39)/t22-,26?/m0/s1. The third-order valence-electron chi connectivity index (χ3n) is 7.95. The molecule has 14 heteroatoms. The number of ether oxygens (including phenoxy) is 2. The van der Waals surface area contributed by atoms with Crippen LogP contribution in [0.3, 0.4) is 0 Å². The van der Waals surface area contributed by atoms with Crippen LogP contribution in [0.1, 0.15) is 44.8 Å². The number of nitrogen functional groups attached to an aromatic ring is 1. The molecule has 3 aromatic rings. The van der Waals surface area contributed by atoms with Crippen molar-refractivity contribution in [3.05, 3.63) is 58.9 Å². The summed E-state index contributed by atoms with van der Waals surface area (Å²) in [7, 11) is 0. The molecule has 2 aliphatic rings. The van der Waals surface area contributed by atoms with Gasteiger partial charge in [0.2, 0.25) is 17.9 Å². The van der Waals surface area contributed by atoms with Crippen LogP contribution in [0.15, 0.2) is 42.5 Å². The predicted molar refractivity (Wildman–Crippen MR) is 156 cm³/mol. The molecular weight excluding hydrogens is 606 g/mol. The van der Waals surface area contributed by atoms with Crippen molar-refractivity contribution in [3.8, 4) is 22.8 Å². The highest BCUT2D eigenvalue weighted by Crippen LogP contribution is 2.44. The largest absolute Gasteiger partial charge is 0.488 e. The lowest BCUT2D eigenvalue weighted by Gasteiger charge is -2.39. The summed E-state index contributed by atoms with van der Waals surface area (Å²) in [6.45, 7) is 5.02. The van der Waals surface area contributed by atoms with Gasteiger partial charge in [-0.15, -0.1) is 0 Å². The number of hydrogen-bond acceptors (Lipinski definition) is 8. The molecule has 2 aliphatic heterocycles. The van der Waals surface area contributed by atoms with E-state index in [-0.39, 0.29) is 44.9 Å². The molecule has 5 rings (SSSR count). The first kappa shape index (κ1) is 31.6. The van der Waals surface area contributed by atoms with Crippen LogP contribution in [0.25, 0.3) is 11.1 Å². The maximum Gasteiger partial charge on any atom is 0.429 e. The van der Waals surface area contributed by atoms with E-state index in [0.717, 1.165) is 6.07 Å². The summed E-state index contributed by atoms with van der Waals surface area (Å²) in [4.78, 5) is 21.4. The third-order valence-corrected chi connectivity index (χ3v) is 8.19. The summed E-state index contributed by atoms with van der Waals surface area (Å²) in [5.41, 5.74) is 5.58. The number of nitrogens with two attached hydrogens (primary N) is 1. The highest BCUT2D eigenvalue weighted by Gasteiger charge is 2.46. The zero-order chi connectivity index (χ0) is 31.8. The van der Waals surface area contributed by atoms with Gasteiger partial charge in [-0.25, -0.2) is 4.39 Å². The Balaban J connectivity index is 1.42. The Bertz CT molecular complexity index is 1530. The number of carboxylic acid groups (broad SMARTS) is 1. The average Bonchev–Trinajstić information content (AvgIpc) is 3.36. The summed E-state index contributed by atoms with van der Waals surface area (Å²) in [6.07, 6.45) is -5.88. The summed E-state index contributed by atoms with van der Waals surface area (Å²) in [5, 5.41) is 12.5. The summed E-state index contributed by atoms with van der Waals surface area (Å²) < 4.78 is 69.6. The maximum atomic E-state index is 14.9. The number of anilines is 2. The normalized spacial score (nSPS) is 18.9. The second-order valence-electron chi connectivity index (χ2n) is 11.5. The van der Waals surface area contributed by atoms with E-state index < -0.39 is 36.0 Å². The van der Waals surface area contributed by atoms with Crippen molar-refractivity contribution in [1.29, 1.82) is 0 Å². The molecule has 0 saturated carbocycles. The molecule has 44 heavy (non-hydrogen) atoms. The SMILES string of the molecule is CC(C)Oc1ccc(-c2cc(Cl)ccc2C(Oc2cc(N3CCC4(CC3)CN[C@H](C(=O)O)C4)nc(N)n2)C(F)(F)F)cc1F. The van der Waals surface area contributed by atoms with Crippen LogP contribution < -0.4 is 25.4 Å². The van der Waals surface area contributed by atoms with Gasteiger partial charge < -0.3 is 30.5 Å². The average molecular weight is 638 g/mol. The van der Waals surface area contributed by atoms with Crippen molar-refractivity contribution in [1.82, 2.24) is 15.3 Å². The number of carboxylic acids is 1. The first-order chi connectivity index (χ1) is 20.7. The first-order valence-electron chi connectivity index (χ1n) is 14.1. The number of nitrogens with zero attached hydrogens (tertiary/aromatic N) is 3. The molecule has 1 unspecified atom stereocenters. The van der Waals surface area contributed by atoms with Gasteiger partial charge in [-0.3, -0.25) is 4.79 Å². The fraction of sp³-hybridized carbons (Fsp3) is 0.433. The number of carbonyl (C=O) groups is 1. The summed E-state index contributed by atoms with van der Waals surface area (Å²) >= 11 is 6.17. The molecule has 1 aromatic heterocycles. The molecule has 0 aliphatic carbocycles. The second-order valence-corrected chi connectivity index (χ2v) is 11.9. The van der Waals surface area contributed by atoms with Gasteiger partial charge in [0.15, 0.2) is 11.6 Å². The van der Waals surface area contributed by atoms with Crippen molar-refractivity contribution in [2.45, 2.75) is 57.5 Å². The monoisotopic (exact) mass is 637 g/mol. The molecule has 236 valence electrons. The molecule has 0 bridgehead atoms. The van der Waals surface area contributed by atoms with E-state index in [0.29, 0.717) is 44.7 Å². The van der Waals surface area contributed by atoms with E-state index in [1.165, 1.54) is 36.4 Å². The highest BCUT2D eigenvalue weighted by atomic mass is 35.5. The van der Waals surface area contributed by atoms with Crippen molar-refractivity contribution in [2.75, 3.05) is 30.3 Å². The van der Waals surface area contributed by atoms with E-state index in [1.54, 1.807) is 13.8 Å². The van der Waals surface area contributed by atoms with Crippen LogP contribution in [-0.4, -0.2) is 59.0 Å². The van der Waals surface area contributed by atoms with E-state index in [9.17, 15) is 27.5 Å². The van der Waals surface area contributed by atoms with E-state index >= 15 is 0 Å². The van der Waals surface area contributed by atoms with Crippen LogP contribution in [0.2, 0.25) is 5.02 Å². The number of nitrogens with one attached hydrogen (secondary N) is 1. The Labute approximate surface area is 256 Å². The zero-order valence-electron chi connectivity index (χ0n) is 24.0. The minimum Gasteiger partial charge on any atom is -0.488 e. The molecule has 2 aromatic carbocycles. The fourth-order valence-corrected chi connectivity index (χ4v) is 5.96. The second kappa shape index (κ2) is 12.3. The molecular formula is C30H32ClF4N5O4. The van der Waals surface area contributed by atoms with Crippen molar-refractivity contribution in [3.63, 3.8) is 0 Å². The van der Waals surface area contributed by atoms with Crippen LogP contribution in [0, 0.1) is 11.2 Å². The minimum atomic E-state index is -4.91. The van der Waals surface area contributed by atoms with Gasteiger partial charge in [0, 0.05) is 36.3 Å². The van der Waals surface area contributed by atoms with Gasteiger partial charge >= 0.3 is 12.1 Å². The Kier molecular flexibility index (Phi) is 8.81. The van der Waals surface area contributed by atoms with Crippen LogP contribution in [-0.2, 0) is 4.79 Å². The topological polar surface area (TPSA) is 123 Å². The Morgan fingerprint density at radius 3 is 2.48 bits per heavy atom. The smallest absolute Gasteiger partial charge is 0.429 e. The van der Waals surface area contributed by atoms with Gasteiger partial charge in [-0.1, -0.05) is 23.7 Å². The molecule has 0 radical (unpaired) electrons. The van der Waals surface area contributed by atoms with Crippen LogP contribution >= 0.6 is 11.6 Å². The van der Waals surface area contributed by atoms with Gasteiger partial charge in [0.1, 0.15) is 11.9 Å². The number of halogens is 5. The lowest BCUT2D eigenvalue weighted by molar-refractivity contribution is -0.198. The predicted octanol–water partition coefficient (Wildman–Crippen LogP) is 6.02. The molecule has 9 nitrogen and oxygen atoms in total. The van der Waals surface area contributed by atoms with E-state index in [1.807, 2.05) is 4.90 Å². The Morgan fingerprint density at radius 2 is 1.86 bits per heavy atom. The van der Waals surface area contributed by atoms with E-state index in [4.69, 9.17) is 26.8 Å². The highest BCUT2D eigenvalue weighted by molar-refractivity contribution is 6.30. The van der Waals surface area contributed by atoms with Crippen molar-refractivity contribution in [2.24, 2.45) is 5.41 Å². The Morgan fingerprint density at radius 1 is 1.14 bits per heavy atom. The van der Waals surface area contributed by atoms with Crippen molar-refractivity contribution >= 4 is 29.3 Å². The summed E-state index contributed by atoms with van der Waals surface area (Å²) in [6, 6.07) is 8.38. The third kappa shape index (κ3) is 6.94. The maximum absolute atomic E-state index is 14.9. The zero-order valence-corrected chi connectivity index (χ0v) is 24.8. The van der Waals surface area contributed by atoms with E-state index in [2.05, 4.69) is 15.3 Å². The number of alkyl halides is 3. The van der Waals surface area contributed by atoms with Crippen LogP contribution in [0.4, 0.5) is 29.3 Å². The first-order valence-corrected chi connectivity index (χ1v) is 14.5. The van der Waals surface area contributed by atoms with Gasteiger partial charge in [0.25, 0.3) is 0 Å². The number of benzene rings is 2. The molecule has 3 heterocycles. The molecule has 1 spiro atoms. The summed E-state index contributed by atoms with van der Waals surface area (Å²) in [5.74, 6) is -2.03. The number of hydrogen-bond donors (Lipinski definition) is 3. The molecule has 2 atom stereocenters.